The molecule has 0 amide bonds. The lowest BCUT2D eigenvalue weighted by molar-refractivity contribution is 0.585. The monoisotopic (exact) mass is 580 g/mol. The van der Waals surface area contributed by atoms with Crippen molar-refractivity contribution in [3.8, 4) is 11.1 Å². The van der Waals surface area contributed by atoms with E-state index in [1.54, 1.807) is 0 Å². The minimum atomic E-state index is -0.415. The van der Waals surface area contributed by atoms with Gasteiger partial charge in [0, 0.05) is 22.7 Å². The van der Waals surface area contributed by atoms with Gasteiger partial charge in [0.1, 0.15) is 29.1 Å². The van der Waals surface area contributed by atoms with E-state index in [1.165, 1.54) is 27.3 Å². The molecule has 0 aliphatic carbocycles. The number of hydrogen-bond donors (Lipinski definition) is 2. The molecule has 0 fully saturated rings. The van der Waals surface area contributed by atoms with Gasteiger partial charge in [0.2, 0.25) is 0 Å². The largest absolute Gasteiger partial charge is 0.456 e. The van der Waals surface area contributed by atoms with E-state index in [9.17, 15) is 0 Å². The fourth-order valence-corrected chi connectivity index (χ4v) is 6.51. The summed E-state index contributed by atoms with van der Waals surface area (Å²) in [6, 6.07) is 46.5. The molecule has 2 unspecified atom stereocenters. The van der Waals surface area contributed by atoms with Crippen LogP contribution < -0.4 is 10.6 Å². The van der Waals surface area contributed by atoms with Crippen molar-refractivity contribution in [3.05, 3.63) is 162 Å². The molecule has 9 rings (SSSR count). The van der Waals surface area contributed by atoms with Crippen molar-refractivity contribution in [2.24, 2.45) is 9.98 Å². The fraction of sp³-hybridized carbons (Fsp3) is 0.0500. The third-order valence-electron chi connectivity index (χ3n) is 8.77. The molecule has 1 aromatic heterocycles. The number of aliphatic imine (C=N–C) groups is 2. The van der Waals surface area contributed by atoms with Crippen LogP contribution in [0.3, 0.4) is 0 Å². The van der Waals surface area contributed by atoms with E-state index in [2.05, 4.69) is 120 Å². The Labute approximate surface area is 260 Å². The zero-order chi connectivity index (χ0) is 29.7. The molecule has 0 bridgehead atoms. The molecule has 2 N–H and O–H groups in total. The molecular weight excluding hydrogens is 552 g/mol. The topological polar surface area (TPSA) is 61.9 Å². The Morgan fingerprint density at radius 3 is 2.22 bits per heavy atom. The van der Waals surface area contributed by atoms with Gasteiger partial charge in [-0.1, -0.05) is 109 Å². The molecule has 0 saturated heterocycles. The van der Waals surface area contributed by atoms with E-state index in [4.69, 9.17) is 14.4 Å². The first kappa shape index (κ1) is 25.5. The summed E-state index contributed by atoms with van der Waals surface area (Å²) >= 11 is 0. The highest BCUT2D eigenvalue weighted by atomic mass is 16.3. The standard InChI is InChI=1S/C40H28N4O/c1-2-8-25(9-3-1)29-17-14-27-16-19-31(24-32(27)23-29)39-42-38(30-18-15-26-10-4-5-11-28(26)22-30)43-40(44-39)37-36-33-12-6-7-13-34(33)45-35(36)20-21-41-37/h1-24,37-38,41H,(H,42,43,44). The minimum Gasteiger partial charge on any atom is -0.456 e. The van der Waals surface area contributed by atoms with Gasteiger partial charge in [-0.25, -0.2) is 9.98 Å². The lowest BCUT2D eigenvalue weighted by atomic mass is 9.97. The molecule has 45 heavy (non-hydrogen) atoms. The van der Waals surface area contributed by atoms with Crippen LogP contribution in [0.15, 0.2) is 154 Å². The second-order valence-corrected chi connectivity index (χ2v) is 11.5. The van der Waals surface area contributed by atoms with E-state index in [0.717, 1.165) is 50.5 Å². The Morgan fingerprint density at radius 1 is 0.578 bits per heavy atom. The maximum Gasteiger partial charge on any atom is 0.169 e. The molecule has 0 radical (unpaired) electrons. The lowest BCUT2D eigenvalue weighted by Crippen LogP contribution is -2.43. The van der Waals surface area contributed by atoms with Crippen LogP contribution in [-0.2, 0) is 0 Å². The Balaban J connectivity index is 1.17. The first-order valence-electron chi connectivity index (χ1n) is 15.2. The van der Waals surface area contributed by atoms with Gasteiger partial charge < -0.3 is 15.1 Å². The molecule has 2 atom stereocenters. The SMILES string of the molecule is C1=Cc2oc3ccccc3c2C(C2=NC(c3ccc4ccccc4c3)N=C(c3ccc4ccc(-c5ccccc5)cc4c3)N2)N1. The second kappa shape index (κ2) is 10.4. The number of para-hydroxylation sites is 1. The molecule has 2 aliphatic rings. The highest BCUT2D eigenvalue weighted by Crippen LogP contribution is 2.36. The van der Waals surface area contributed by atoms with Gasteiger partial charge in [-0.3, -0.25) is 0 Å². The highest BCUT2D eigenvalue weighted by molar-refractivity contribution is 6.14. The van der Waals surface area contributed by atoms with Gasteiger partial charge in [0.05, 0.1) is 0 Å². The minimum absolute atomic E-state index is 0.229. The second-order valence-electron chi connectivity index (χ2n) is 11.5. The Morgan fingerprint density at radius 2 is 1.31 bits per heavy atom. The summed E-state index contributed by atoms with van der Waals surface area (Å²) in [5.41, 5.74) is 6.37. The number of furan rings is 1. The number of nitrogens with zero attached hydrogens (tertiary/aromatic N) is 2. The van der Waals surface area contributed by atoms with Gasteiger partial charge in [-0.15, -0.1) is 0 Å². The number of fused-ring (bicyclic) bond motifs is 5. The Bertz CT molecular complexity index is 2350. The molecule has 0 spiro atoms. The summed E-state index contributed by atoms with van der Waals surface area (Å²) in [5.74, 6) is 2.43. The molecule has 214 valence electrons. The molecule has 7 aromatic rings. The summed E-state index contributed by atoms with van der Waals surface area (Å²) < 4.78 is 6.24. The van der Waals surface area contributed by atoms with Gasteiger partial charge >= 0.3 is 0 Å². The first-order chi connectivity index (χ1) is 22.3. The van der Waals surface area contributed by atoms with Crippen LogP contribution in [0.4, 0.5) is 0 Å². The van der Waals surface area contributed by atoms with Crippen LogP contribution in [0.5, 0.6) is 0 Å². The number of amidine groups is 2. The van der Waals surface area contributed by atoms with Gasteiger partial charge in [0.25, 0.3) is 0 Å². The van der Waals surface area contributed by atoms with Crippen molar-refractivity contribution in [1.29, 1.82) is 0 Å². The normalized spacial score (nSPS) is 17.4. The Hall–Kier alpha value is -5.94. The molecule has 6 aromatic carbocycles. The summed E-state index contributed by atoms with van der Waals surface area (Å²) in [6.07, 6.45) is 3.51. The number of benzene rings is 6. The maximum absolute atomic E-state index is 6.24. The highest BCUT2D eigenvalue weighted by Gasteiger charge is 2.31. The van der Waals surface area contributed by atoms with E-state index in [1.807, 2.05) is 36.5 Å². The zero-order valence-electron chi connectivity index (χ0n) is 24.3. The molecule has 5 nitrogen and oxygen atoms in total. The van der Waals surface area contributed by atoms with Crippen molar-refractivity contribution < 1.29 is 4.42 Å². The number of hydrogen-bond acceptors (Lipinski definition) is 5. The van der Waals surface area contributed by atoms with Crippen molar-refractivity contribution >= 4 is 50.3 Å². The van der Waals surface area contributed by atoms with E-state index in [0.29, 0.717) is 0 Å². The third-order valence-corrected chi connectivity index (χ3v) is 8.77. The number of rotatable bonds is 4. The van der Waals surface area contributed by atoms with Gasteiger partial charge in [0.15, 0.2) is 6.17 Å². The molecule has 3 heterocycles. The van der Waals surface area contributed by atoms with Crippen LogP contribution in [0.2, 0.25) is 0 Å². The van der Waals surface area contributed by atoms with Gasteiger partial charge in [-0.2, -0.15) is 0 Å². The smallest absolute Gasteiger partial charge is 0.169 e. The van der Waals surface area contributed by atoms with Crippen molar-refractivity contribution in [2.45, 2.75) is 12.2 Å². The summed E-state index contributed by atoms with van der Waals surface area (Å²) in [5, 5.41) is 13.0. The number of nitrogens with one attached hydrogen (secondary N) is 2. The summed E-state index contributed by atoms with van der Waals surface area (Å²) in [6.45, 7) is 0. The average molecular weight is 581 g/mol. The van der Waals surface area contributed by atoms with Crippen LogP contribution in [-0.4, -0.2) is 11.7 Å². The van der Waals surface area contributed by atoms with Crippen molar-refractivity contribution in [1.82, 2.24) is 10.6 Å². The van der Waals surface area contributed by atoms with Crippen molar-refractivity contribution in [2.75, 3.05) is 0 Å². The molecular formula is C40H28N4O. The van der Waals surface area contributed by atoms with E-state index in [-0.39, 0.29) is 6.04 Å². The maximum atomic E-state index is 6.24. The summed E-state index contributed by atoms with van der Waals surface area (Å²) in [7, 11) is 0. The predicted octanol–water partition coefficient (Wildman–Crippen LogP) is 9.17. The van der Waals surface area contributed by atoms with E-state index >= 15 is 0 Å². The molecule has 5 heteroatoms. The zero-order valence-corrected chi connectivity index (χ0v) is 24.3. The third kappa shape index (κ3) is 4.48. The van der Waals surface area contributed by atoms with Crippen LogP contribution in [0, 0.1) is 0 Å². The van der Waals surface area contributed by atoms with Crippen LogP contribution in [0.25, 0.3) is 49.7 Å². The van der Waals surface area contributed by atoms with Crippen LogP contribution >= 0.6 is 0 Å². The predicted molar refractivity (Wildman–Crippen MR) is 184 cm³/mol. The molecule has 0 saturated carbocycles. The summed E-state index contributed by atoms with van der Waals surface area (Å²) in [4.78, 5) is 10.5. The van der Waals surface area contributed by atoms with Gasteiger partial charge in [-0.05, 0) is 68.6 Å². The molecule has 2 aliphatic heterocycles. The Kier molecular flexibility index (Phi) is 5.88. The fourth-order valence-electron chi connectivity index (χ4n) is 6.51. The van der Waals surface area contributed by atoms with Crippen molar-refractivity contribution in [3.63, 3.8) is 0 Å². The average Bonchev–Trinajstić information content (AvgIpc) is 3.50. The quantitative estimate of drug-likeness (QED) is 0.218. The lowest BCUT2D eigenvalue weighted by Gasteiger charge is -2.29. The van der Waals surface area contributed by atoms with Crippen LogP contribution in [0.1, 0.15) is 34.7 Å². The van der Waals surface area contributed by atoms with E-state index < -0.39 is 6.17 Å². The first-order valence-corrected chi connectivity index (χ1v) is 15.2.